The van der Waals surface area contributed by atoms with Crippen LogP contribution in [0.5, 0.6) is 11.5 Å². The minimum atomic E-state index is 0.0120. The number of nitrogens with zero attached hydrogens (tertiary/aromatic N) is 3. The topological polar surface area (TPSA) is 66.2 Å². The van der Waals surface area contributed by atoms with Gasteiger partial charge in [-0.2, -0.15) is 4.68 Å². The second kappa shape index (κ2) is 7.26. The van der Waals surface area contributed by atoms with E-state index in [1.165, 1.54) is 38.5 Å². The van der Waals surface area contributed by atoms with Crippen molar-refractivity contribution in [3.63, 3.8) is 0 Å². The molecule has 4 fully saturated rings. The molecule has 7 heteroatoms. The summed E-state index contributed by atoms with van der Waals surface area (Å²) in [5.41, 5.74) is 1.17. The van der Waals surface area contributed by atoms with E-state index in [1.54, 1.807) is 23.6 Å². The zero-order valence-electron chi connectivity index (χ0n) is 18.2. The maximum Gasteiger partial charge on any atom is 0.250 e. The largest absolute Gasteiger partial charge is 0.493 e. The van der Waals surface area contributed by atoms with Gasteiger partial charge in [-0.1, -0.05) is 17.8 Å². The Kier molecular flexibility index (Phi) is 4.60. The minimum absolute atomic E-state index is 0.0120. The van der Waals surface area contributed by atoms with Gasteiger partial charge in [0.25, 0.3) is 5.91 Å². The number of carbonyl (C=O) groups is 1. The van der Waals surface area contributed by atoms with Crippen LogP contribution in [0.1, 0.15) is 73.3 Å². The number of rotatable bonds is 5. The number of methoxy groups -OCH3 is 1. The van der Waals surface area contributed by atoms with Gasteiger partial charge in [-0.3, -0.25) is 4.79 Å². The van der Waals surface area contributed by atoms with E-state index in [0.29, 0.717) is 18.8 Å². The highest BCUT2D eigenvalue weighted by molar-refractivity contribution is 7.99. The van der Waals surface area contributed by atoms with Gasteiger partial charge in [0.2, 0.25) is 0 Å². The molecule has 4 bridgehead atoms. The minimum Gasteiger partial charge on any atom is -0.493 e. The van der Waals surface area contributed by atoms with E-state index in [4.69, 9.17) is 19.6 Å². The maximum atomic E-state index is 13.0. The quantitative estimate of drug-likeness (QED) is 0.651. The van der Waals surface area contributed by atoms with Crippen LogP contribution in [0.15, 0.2) is 23.4 Å². The number of carbonyl (C=O) groups excluding carboxylic acids is 1. The van der Waals surface area contributed by atoms with Gasteiger partial charge in [-0.15, -0.1) is 5.10 Å². The summed E-state index contributed by atoms with van der Waals surface area (Å²) in [5, 5.41) is 5.57. The number of benzene rings is 1. The molecule has 4 aliphatic carbocycles. The van der Waals surface area contributed by atoms with Crippen LogP contribution in [0.3, 0.4) is 0 Å². The van der Waals surface area contributed by atoms with Gasteiger partial charge >= 0.3 is 0 Å². The van der Waals surface area contributed by atoms with Crippen LogP contribution in [0.4, 0.5) is 0 Å². The average Bonchev–Trinajstić information content (AvgIpc) is 3.19. The smallest absolute Gasteiger partial charge is 0.250 e. The van der Waals surface area contributed by atoms with Gasteiger partial charge in [0.15, 0.2) is 22.5 Å². The first-order chi connectivity index (χ1) is 15.1. The predicted octanol–water partition coefficient (Wildman–Crippen LogP) is 5.03. The Labute approximate surface area is 187 Å². The molecule has 0 N–H and O–H groups in total. The van der Waals surface area contributed by atoms with Crippen molar-refractivity contribution in [1.82, 2.24) is 14.8 Å². The predicted molar refractivity (Wildman–Crippen MR) is 118 cm³/mol. The summed E-state index contributed by atoms with van der Waals surface area (Å²) in [6, 6.07) is 5.95. The van der Waals surface area contributed by atoms with E-state index >= 15 is 0 Å². The second-order valence-electron chi connectivity index (χ2n) is 9.88. The Hall–Kier alpha value is -2.02. The van der Waals surface area contributed by atoms with Gasteiger partial charge in [0.05, 0.1) is 13.7 Å². The highest BCUT2D eigenvalue weighted by Crippen LogP contribution is 2.60. The Morgan fingerprint density at radius 1 is 1.13 bits per heavy atom. The lowest BCUT2D eigenvalue weighted by Gasteiger charge is -2.55. The molecule has 0 saturated heterocycles. The number of ether oxygens (including phenoxy) is 2. The van der Waals surface area contributed by atoms with Crippen LogP contribution in [-0.4, -0.2) is 34.4 Å². The monoisotopic (exact) mass is 439 g/mol. The van der Waals surface area contributed by atoms with E-state index in [9.17, 15) is 4.79 Å². The SMILES string of the molecule is CCOc1ccc([C@@H]2CC(=O)n3nc(C45CC6CC(CC(C6)C4)C5)nc3S2)cc1OC. The molecule has 31 heavy (non-hydrogen) atoms. The summed E-state index contributed by atoms with van der Waals surface area (Å²) in [6.45, 7) is 2.54. The molecule has 7 rings (SSSR count). The van der Waals surface area contributed by atoms with Gasteiger partial charge in [0.1, 0.15) is 0 Å². The van der Waals surface area contributed by atoms with Crippen molar-refractivity contribution in [2.75, 3.05) is 13.7 Å². The summed E-state index contributed by atoms with van der Waals surface area (Å²) in [7, 11) is 1.65. The highest BCUT2D eigenvalue weighted by Gasteiger charge is 2.54. The fourth-order valence-corrected chi connectivity index (χ4v) is 8.05. The number of fused-ring (bicyclic) bond motifs is 1. The van der Waals surface area contributed by atoms with Crippen molar-refractivity contribution in [1.29, 1.82) is 0 Å². The Morgan fingerprint density at radius 3 is 2.48 bits per heavy atom. The summed E-state index contributed by atoms with van der Waals surface area (Å²) < 4.78 is 12.7. The third kappa shape index (κ3) is 3.19. The molecular weight excluding hydrogens is 410 g/mol. The summed E-state index contributed by atoms with van der Waals surface area (Å²) >= 11 is 1.65. The number of thioether (sulfide) groups is 1. The first kappa shape index (κ1) is 19.6. The molecule has 5 aliphatic rings. The molecule has 0 radical (unpaired) electrons. The zero-order valence-corrected chi connectivity index (χ0v) is 19.0. The van der Waals surface area contributed by atoms with E-state index in [-0.39, 0.29) is 16.6 Å². The summed E-state index contributed by atoms with van der Waals surface area (Å²) in [4.78, 5) is 18.0. The fraction of sp³-hybridized carbons (Fsp3) is 0.625. The van der Waals surface area contributed by atoms with Crippen molar-refractivity contribution in [3.8, 4) is 11.5 Å². The van der Waals surface area contributed by atoms with Crippen LogP contribution >= 0.6 is 11.8 Å². The molecule has 2 heterocycles. The Balaban J connectivity index is 1.29. The van der Waals surface area contributed by atoms with Crippen LogP contribution in [0.25, 0.3) is 0 Å². The molecule has 1 atom stereocenters. The lowest BCUT2D eigenvalue weighted by Crippen LogP contribution is -2.49. The van der Waals surface area contributed by atoms with E-state index in [1.807, 2.05) is 25.1 Å². The third-order valence-electron chi connectivity index (χ3n) is 7.79. The molecule has 4 saturated carbocycles. The van der Waals surface area contributed by atoms with E-state index < -0.39 is 0 Å². The molecule has 1 aliphatic heterocycles. The van der Waals surface area contributed by atoms with Crippen molar-refractivity contribution >= 4 is 17.7 Å². The Bertz CT molecular complexity index is 998. The lowest BCUT2D eigenvalue weighted by atomic mass is 9.49. The van der Waals surface area contributed by atoms with Crippen LogP contribution in [0.2, 0.25) is 0 Å². The number of aromatic nitrogens is 3. The molecule has 0 spiro atoms. The van der Waals surface area contributed by atoms with Gasteiger partial charge in [-0.05, 0) is 80.9 Å². The maximum absolute atomic E-state index is 13.0. The molecule has 164 valence electrons. The number of hydrogen-bond acceptors (Lipinski definition) is 6. The van der Waals surface area contributed by atoms with Crippen LogP contribution in [0, 0.1) is 17.8 Å². The van der Waals surface area contributed by atoms with Crippen molar-refractivity contribution in [3.05, 3.63) is 29.6 Å². The van der Waals surface area contributed by atoms with E-state index in [2.05, 4.69) is 0 Å². The molecule has 0 amide bonds. The van der Waals surface area contributed by atoms with Gasteiger partial charge < -0.3 is 9.47 Å². The van der Waals surface area contributed by atoms with Gasteiger partial charge in [-0.25, -0.2) is 4.98 Å². The summed E-state index contributed by atoms with van der Waals surface area (Å²) in [5.74, 6) is 4.90. The van der Waals surface area contributed by atoms with E-state index in [0.717, 1.165) is 40.0 Å². The highest BCUT2D eigenvalue weighted by atomic mass is 32.2. The van der Waals surface area contributed by atoms with Crippen molar-refractivity contribution in [2.24, 2.45) is 17.8 Å². The molecule has 2 aromatic rings. The first-order valence-electron chi connectivity index (χ1n) is 11.5. The molecular formula is C24H29N3O3S. The zero-order chi connectivity index (χ0) is 21.2. The third-order valence-corrected chi connectivity index (χ3v) is 8.99. The molecule has 1 aromatic heterocycles. The van der Waals surface area contributed by atoms with Crippen LogP contribution in [-0.2, 0) is 5.41 Å². The number of hydrogen-bond donors (Lipinski definition) is 0. The Morgan fingerprint density at radius 2 is 1.84 bits per heavy atom. The normalized spacial score (nSPS) is 33.4. The molecule has 0 unspecified atom stereocenters. The molecule has 6 nitrogen and oxygen atoms in total. The average molecular weight is 440 g/mol. The van der Waals surface area contributed by atoms with Crippen molar-refractivity contribution in [2.45, 2.75) is 67.7 Å². The lowest BCUT2D eigenvalue weighted by molar-refractivity contribution is -0.00944. The summed E-state index contributed by atoms with van der Waals surface area (Å²) in [6.07, 6.45) is 8.22. The van der Waals surface area contributed by atoms with Crippen molar-refractivity contribution < 1.29 is 14.3 Å². The first-order valence-corrected chi connectivity index (χ1v) is 12.4. The molecule has 1 aromatic carbocycles. The standard InChI is InChI=1S/C24H29N3O3S/c1-3-30-18-5-4-17(9-19(18)29-2)20-10-21(28)27-23(31-20)25-22(26-27)24-11-14-6-15(12-24)8-16(7-14)13-24/h4-5,9,14-16,20H,3,6-8,10-13H2,1-2H3/t14?,15?,16?,20-,24?/m0/s1. The second-order valence-corrected chi connectivity index (χ2v) is 11.0. The fourth-order valence-electron chi connectivity index (χ4n) is 6.90. The van der Waals surface area contributed by atoms with Gasteiger partial charge in [0, 0.05) is 17.1 Å². The van der Waals surface area contributed by atoms with Crippen LogP contribution < -0.4 is 9.47 Å².